The number of rotatable bonds is 5. The van der Waals surface area contributed by atoms with Gasteiger partial charge in [-0.2, -0.15) is 0 Å². The summed E-state index contributed by atoms with van der Waals surface area (Å²) in [6.07, 6.45) is 0.916. The van der Waals surface area contributed by atoms with Crippen LogP contribution in [-0.4, -0.2) is 17.5 Å². The van der Waals surface area contributed by atoms with Crippen LogP contribution in [-0.2, 0) is 9.63 Å². The Balaban J connectivity index is 3.33. The van der Waals surface area contributed by atoms with E-state index in [-0.39, 0.29) is 0 Å². The molecular formula is C5H9NO4. The largest absolute Gasteiger partial charge is 0.311 e. The highest BCUT2D eigenvalue weighted by Gasteiger charge is 2.04. The molecule has 0 fully saturated rings. The molecule has 5 nitrogen and oxygen atoms in total. The van der Waals surface area contributed by atoms with Crippen LogP contribution in [0.3, 0.4) is 0 Å². The van der Waals surface area contributed by atoms with Gasteiger partial charge in [-0.05, 0) is 13.3 Å². The van der Waals surface area contributed by atoms with Crippen molar-refractivity contribution in [1.29, 1.82) is 0 Å². The molecule has 0 aliphatic rings. The number of carbonyl (C=O) groups excluding carboxylic acids is 1. The fourth-order valence-corrected chi connectivity index (χ4v) is 0.502. The third kappa shape index (κ3) is 5.02. The molecule has 0 aromatic carbocycles. The molecule has 0 rings (SSSR count). The van der Waals surface area contributed by atoms with Gasteiger partial charge in [0.05, 0.1) is 0 Å². The number of hydrogen-bond acceptors (Lipinski definition) is 4. The van der Waals surface area contributed by atoms with E-state index in [2.05, 4.69) is 4.84 Å². The molecule has 5 heteroatoms. The fourth-order valence-electron chi connectivity index (χ4n) is 0.502. The van der Waals surface area contributed by atoms with Crippen molar-refractivity contribution in [2.24, 2.45) is 0 Å². The molecule has 0 aromatic rings. The van der Waals surface area contributed by atoms with Crippen molar-refractivity contribution in [3.63, 3.8) is 0 Å². The maximum absolute atomic E-state index is 9.77. The summed E-state index contributed by atoms with van der Waals surface area (Å²) >= 11 is 0. The smallest absolute Gasteiger partial charge is 0.294 e. The highest BCUT2D eigenvalue weighted by Crippen LogP contribution is 1.98. The number of aldehydes is 1. The molecule has 0 amide bonds. The molecule has 0 aromatic heterocycles. The summed E-state index contributed by atoms with van der Waals surface area (Å²) in [5.74, 6) is 0. The Morgan fingerprint density at radius 3 is 2.80 bits per heavy atom. The van der Waals surface area contributed by atoms with E-state index in [0.29, 0.717) is 19.1 Å². The van der Waals surface area contributed by atoms with Crippen molar-refractivity contribution in [2.45, 2.75) is 25.9 Å². The zero-order valence-electron chi connectivity index (χ0n) is 5.65. The first-order valence-corrected chi connectivity index (χ1v) is 2.91. The highest BCUT2D eigenvalue weighted by molar-refractivity contribution is 5.49. The molecule has 1 atom stereocenters. The van der Waals surface area contributed by atoms with Crippen molar-refractivity contribution in [1.82, 2.24) is 0 Å². The minimum absolute atomic E-state index is 0.301. The molecule has 10 heavy (non-hydrogen) atoms. The third-order valence-electron chi connectivity index (χ3n) is 0.957. The van der Waals surface area contributed by atoms with Crippen molar-refractivity contribution in [3.05, 3.63) is 10.1 Å². The van der Waals surface area contributed by atoms with Crippen LogP contribution in [0.15, 0.2) is 0 Å². The molecule has 0 heterocycles. The second-order valence-corrected chi connectivity index (χ2v) is 1.88. The van der Waals surface area contributed by atoms with E-state index in [0.717, 1.165) is 0 Å². The van der Waals surface area contributed by atoms with E-state index in [1.54, 1.807) is 6.92 Å². The van der Waals surface area contributed by atoms with Crippen LogP contribution in [0.4, 0.5) is 0 Å². The summed E-state index contributed by atoms with van der Waals surface area (Å²) in [7, 11) is 0. The van der Waals surface area contributed by atoms with Gasteiger partial charge in [-0.15, -0.1) is 10.1 Å². The van der Waals surface area contributed by atoms with Gasteiger partial charge in [-0.1, -0.05) is 0 Å². The average Bonchev–Trinajstić information content (AvgIpc) is 1.82. The summed E-state index contributed by atoms with van der Waals surface area (Å²) in [4.78, 5) is 23.6. The lowest BCUT2D eigenvalue weighted by Gasteiger charge is -2.04. The first-order chi connectivity index (χ1) is 4.66. The monoisotopic (exact) mass is 147 g/mol. The van der Waals surface area contributed by atoms with Gasteiger partial charge in [0.25, 0.3) is 5.09 Å². The van der Waals surface area contributed by atoms with Crippen LogP contribution in [0.2, 0.25) is 0 Å². The summed E-state index contributed by atoms with van der Waals surface area (Å²) < 4.78 is 0. The van der Waals surface area contributed by atoms with E-state index in [4.69, 9.17) is 0 Å². The molecule has 58 valence electrons. The highest BCUT2D eigenvalue weighted by atomic mass is 17.0. The van der Waals surface area contributed by atoms with Crippen molar-refractivity contribution in [2.75, 3.05) is 0 Å². The van der Waals surface area contributed by atoms with Crippen LogP contribution >= 0.6 is 0 Å². The standard InChI is InChI=1S/C5H9NO4/c1-5(3-2-4-7)10-6(8)9/h4-5H,2-3H2,1H3. The number of nitrogens with zero attached hydrogens (tertiary/aromatic N) is 1. The van der Waals surface area contributed by atoms with Crippen LogP contribution in [0, 0.1) is 10.1 Å². The Bertz CT molecular complexity index is 125. The summed E-state index contributed by atoms with van der Waals surface area (Å²) in [6.45, 7) is 1.55. The zero-order valence-corrected chi connectivity index (χ0v) is 5.65. The Kier molecular flexibility index (Phi) is 4.19. The second kappa shape index (κ2) is 4.72. The molecule has 0 aliphatic heterocycles. The van der Waals surface area contributed by atoms with Crippen LogP contribution in [0.1, 0.15) is 19.8 Å². The minimum Gasteiger partial charge on any atom is -0.311 e. The van der Waals surface area contributed by atoms with Crippen LogP contribution in [0.25, 0.3) is 0 Å². The van der Waals surface area contributed by atoms with Crippen molar-refractivity contribution >= 4 is 6.29 Å². The number of hydrogen-bond donors (Lipinski definition) is 0. The maximum atomic E-state index is 9.77. The van der Waals surface area contributed by atoms with Gasteiger partial charge in [0.15, 0.2) is 0 Å². The molecule has 0 radical (unpaired) electrons. The summed E-state index contributed by atoms with van der Waals surface area (Å²) in [6, 6.07) is 0. The molecule has 0 saturated carbocycles. The SMILES string of the molecule is CC(CCC=O)O[N+](=O)[O-]. The topological polar surface area (TPSA) is 69.4 Å². The van der Waals surface area contributed by atoms with Gasteiger partial charge in [0.2, 0.25) is 0 Å². The molecule has 0 spiro atoms. The van der Waals surface area contributed by atoms with E-state index in [9.17, 15) is 14.9 Å². The average molecular weight is 147 g/mol. The fraction of sp³-hybridized carbons (Fsp3) is 0.800. The van der Waals surface area contributed by atoms with Gasteiger partial charge >= 0.3 is 0 Å². The Hall–Kier alpha value is -1.13. The van der Waals surface area contributed by atoms with Crippen molar-refractivity contribution < 1.29 is 14.7 Å². The molecular weight excluding hydrogens is 138 g/mol. The van der Waals surface area contributed by atoms with Gasteiger partial charge < -0.3 is 9.63 Å². The first kappa shape index (κ1) is 8.87. The van der Waals surface area contributed by atoms with Crippen LogP contribution < -0.4 is 0 Å². The predicted octanol–water partition coefficient (Wildman–Crippen LogP) is 0.562. The lowest BCUT2D eigenvalue weighted by molar-refractivity contribution is -0.767. The first-order valence-electron chi connectivity index (χ1n) is 2.91. The summed E-state index contributed by atoms with van der Waals surface area (Å²) in [5, 5.41) is 8.82. The zero-order chi connectivity index (χ0) is 7.98. The Morgan fingerprint density at radius 1 is 1.80 bits per heavy atom. The lowest BCUT2D eigenvalue weighted by Crippen LogP contribution is -2.12. The van der Waals surface area contributed by atoms with Gasteiger partial charge in [-0.25, -0.2) is 0 Å². The number of carbonyl (C=O) groups is 1. The Labute approximate surface area is 58.1 Å². The minimum atomic E-state index is -0.852. The van der Waals surface area contributed by atoms with E-state index in [1.807, 2.05) is 0 Å². The lowest BCUT2D eigenvalue weighted by atomic mass is 10.2. The molecule has 0 saturated heterocycles. The van der Waals surface area contributed by atoms with Gasteiger partial charge in [0.1, 0.15) is 12.4 Å². The Morgan fingerprint density at radius 2 is 2.40 bits per heavy atom. The van der Waals surface area contributed by atoms with Gasteiger partial charge in [0, 0.05) is 6.42 Å². The molecule has 1 unspecified atom stereocenters. The van der Waals surface area contributed by atoms with E-state index in [1.165, 1.54) is 0 Å². The quantitative estimate of drug-likeness (QED) is 0.323. The van der Waals surface area contributed by atoms with Gasteiger partial charge in [-0.3, -0.25) is 0 Å². The third-order valence-corrected chi connectivity index (χ3v) is 0.957. The summed E-state index contributed by atoms with van der Waals surface area (Å²) in [5.41, 5.74) is 0. The second-order valence-electron chi connectivity index (χ2n) is 1.88. The molecule has 0 aliphatic carbocycles. The normalized spacial score (nSPS) is 12.1. The predicted molar refractivity (Wildman–Crippen MR) is 32.8 cm³/mol. The van der Waals surface area contributed by atoms with E-state index >= 15 is 0 Å². The van der Waals surface area contributed by atoms with Crippen molar-refractivity contribution in [3.8, 4) is 0 Å². The maximum Gasteiger partial charge on any atom is 0.294 e. The van der Waals surface area contributed by atoms with Crippen LogP contribution in [0.5, 0.6) is 0 Å². The van der Waals surface area contributed by atoms with E-state index < -0.39 is 11.2 Å². The molecule has 0 bridgehead atoms. The molecule has 0 N–H and O–H groups in total.